The van der Waals surface area contributed by atoms with Crippen LogP contribution in [-0.4, -0.2) is 17.7 Å². The monoisotopic (exact) mass is 302 g/mol. The number of esters is 1. The van der Waals surface area contributed by atoms with E-state index < -0.39 is 5.97 Å². The number of allylic oxidation sites excluding steroid dienone is 1. The van der Waals surface area contributed by atoms with Crippen LogP contribution in [0.25, 0.3) is 0 Å². The Kier molecular flexibility index (Phi) is 5.79. The molecule has 1 rings (SSSR count). The minimum Gasteiger partial charge on any atom is -0.510 e. The third kappa shape index (κ3) is 4.89. The number of rotatable bonds is 4. The van der Waals surface area contributed by atoms with Gasteiger partial charge in [0.25, 0.3) is 0 Å². The summed E-state index contributed by atoms with van der Waals surface area (Å²) in [5.74, 6) is -1.03. The number of aliphatic hydroxyl groups is 1. The Morgan fingerprint density at radius 1 is 1.32 bits per heavy atom. The fourth-order valence-electron chi connectivity index (χ4n) is 1.17. The maximum absolute atomic E-state index is 11.5. The fraction of sp³-hybridized carbons (Fsp3) is 0.250. The lowest BCUT2D eigenvalue weighted by Gasteiger charge is -2.02. The number of aliphatic hydroxyl groups excluding tert-OH is 1. The molecule has 0 aliphatic rings. The summed E-state index contributed by atoms with van der Waals surface area (Å²) in [4.78, 5) is 11.5. The molecule has 0 saturated carbocycles. The van der Waals surface area contributed by atoms with Crippen molar-refractivity contribution in [1.82, 2.24) is 0 Å². The summed E-state index contributed by atoms with van der Waals surface area (Å²) in [5.41, 5.74) is 0.0958. The van der Waals surface area contributed by atoms with E-state index in [0.717, 1.165) is 0 Å². The summed E-state index contributed by atoms with van der Waals surface area (Å²) in [6.07, 6.45) is 0. The van der Waals surface area contributed by atoms with E-state index in [-0.39, 0.29) is 18.1 Å². The van der Waals surface area contributed by atoms with Crippen molar-refractivity contribution in [2.45, 2.75) is 13.8 Å². The Balaban J connectivity index is 3.00. The van der Waals surface area contributed by atoms with Crippen molar-refractivity contribution in [3.63, 3.8) is 0 Å². The van der Waals surface area contributed by atoms with Gasteiger partial charge in [0.2, 0.25) is 5.70 Å². The minimum absolute atomic E-state index is 0.175. The highest BCUT2D eigenvalue weighted by molar-refractivity contribution is 6.35. The van der Waals surface area contributed by atoms with E-state index >= 15 is 0 Å². The smallest absolute Gasteiger partial charge is 0.362 e. The minimum atomic E-state index is -0.751. The third-order valence-corrected chi connectivity index (χ3v) is 2.36. The molecule has 1 aromatic carbocycles. The molecule has 0 radical (unpaired) electrons. The van der Waals surface area contributed by atoms with Gasteiger partial charge in [-0.05, 0) is 32.0 Å². The van der Waals surface area contributed by atoms with Crippen molar-refractivity contribution in [3.8, 4) is 0 Å². The molecule has 102 valence electrons. The maximum Gasteiger partial charge on any atom is 0.362 e. The van der Waals surface area contributed by atoms with Gasteiger partial charge in [0.1, 0.15) is 5.76 Å². The molecule has 0 bridgehead atoms. The summed E-state index contributed by atoms with van der Waals surface area (Å²) >= 11 is 11.6. The number of hydrogen-bond acceptors (Lipinski definition) is 5. The normalized spacial score (nSPS) is 12.4. The first kappa shape index (κ1) is 15.5. The molecule has 0 aliphatic carbocycles. The van der Waals surface area contributed by atoms with Crippen LogP contribution in [-0.2, 0) is 9.53 Å². The molecule has 1 N–H and O–H groups in total. The van der Waals surface area contributed by atoms with Crippen LogP contribution < -0.4 is 0 Å². The van der Waals surface area contributed by atoms with E-state index in [1.54, 1.807) is 13.0 Å². The largest absolute Gasteiger partial charge is 0.510 e. The van der Waals surface area contributed by atoms with Crippen LogP contribution in [0.15, 0.2) is 39.9 Å². The topological polar surface area (TPSA) is 71.2 Å². The highest BCUT2D eigenvalue weighted by Crippen LogP contribution is 2.25. The highest BCUT2D eigenvalue weighted by Gasteiger charge is 2.13. The Morgan fingerprint density at radius 3 is 2.37 bits per heavy atom. The lowest BCUT2D eigenvalue weighted by atomic mass is 10.3. The highest BCUT2D eigenvalue weighted by atomic mass is 35.5. The van der Waals surface area contributed by atoms with Gasteiger partial charge in [-0.2, -0.15) is 5.11 Å². The zero-order valence-electron chi connectivity index (χ0n) is 10.4. The van der Waals surface area contributed by atoms with Crippen LogP contribution in [0.3, 0.4) is 0 Å². The average molecular weight is 303 g/mol. The number of hydrogen-bond donors (Lipinski definition) is 1. The van der Waals surface area contributed by atoms with Gasteiger partial charge >= 0.3 is 5.97 Å². The second kappa shape index (κ2) is 7.11. The lowest BCUT2D eigenvalue weighted by molar-refractivity contribution is -0.138. The van der Waals surface area contributed by atoms with Crippen LogP contribution in [0.2, 0.25) is 10.0 Å². The molecule has 0 saturated heterocycles. The Morgan fingerprint density at radius 2 is 1.89 bits per heavy atom. The molecule has 1 aromatic rings. The predicted octanol–water partition coefficient (Wildman–Crippen LogP) is 4.43. The van der Waals surface area contributed by atoms with Crippen molar-refractivity contribution < 1.29 is 14.6 Å². The predicted molar refractivity (Wildman–Crippen MR) is 72.9 cm³/mol. The first-order valence-corrected chi connectivity index (χ1v) is 6.14. The second-order valence-electron chi connectivity index (χ2n) is 3.48. The Bertz CT molecular complexity index is 518. The molecule has 0 spiro atoms. The standard InChI is InChI=1S/C12H12Cl2N2O3/c1-3-19-12(18)11(7(2)17)16-15-10-5-8(13)4-9(14)6-10/h4-6,17H,3H2,1-2H3. The summed E-state index contributed by atoms with van der Waals surface area (Å²) in [6.45, 7) is 3.14. The molecular weight excluding hydrogens is 291 g/mol. The molecule has 0 aliphatic heterocycles. The summed E-state index contributed by atoms with van der Waals surface area (Å²) in [7, 11) is 0. The van der Waals surface area contributed by atoms with E-state index in [1.165, 1.54) is 19.1 Å². The molecule has 0 aromatic heterocycles. The van der Waals surface area contributed by atoms with Gasteiger partial charge in [0, 0.05) is 10.0 Å². The van der Waals surface area contributed by atoms with Crippen molar-refractivity contribution in [2.75, 3.05) is 6.61 Å². The number of nitrogens with zero attached hydrogens (tertiary/aromatic N) is 2. The quantitative estimate of drug-likeness (QED) is 0.387. The number of carbonyl (C=O) groups is 1. The van der Waals surface area contributed by atoms with Crippen LogP contribution in [0.4, 0.5) is 5.69 Å². The van der Waals surface area contributed by atoms with Crippen LogP contribution >= 0.6 is 23.2 Å². The van der Waals surface area contributed by atoms with E-state index in [0.29, 0.717) is 15.7 Å². The fourth-order valence-corrected chi connectivity index (χ4v) is 1.68. The summed E-state index contributed by atoms with van der Waals surface area (Å²) in [5, 5.41) is 17.6. The van der Waals surface area contributed by atoms with Gasteiger partial charge in [-0.1, -0.05) is 23.2 Å². The van der Waals surface area contributed by atoms with E-state index in [9.17, 15) is 9.90 Å². The van der Waals surface area contributed by atoms with Gasteiger partial charge < -0.3 is 9.84 Å². The molecular formula is C12H12Cl2N2O3. The van der Waals surface area contributed by atoms with Gasteiger partial charge in [0.05, 0.1) is 12.3 Å². The average Bonchev–Trinajstić information content (AvgIpc) is 2.27. The zero-order chi connectivity index (χ0) is 14.4. The molecule has 19 heavy (non-hydrogen) atoms. The maximum atomic E-state index is 11.5. The first-order valence-electron chi connectivity index (χ1n) is 5.38. The first-order chi connectivity index (χ1) is 8.93. The van der Waals surface area contributed by atoms with Crippen molar-refractivity contribution >= 4 is 34.9 Å². The number of carbonyl (C=O) groups excluding carboxylic acids is 1. The molecule has 0 fully saturated rings. The molecule has 7 heteroatoms. The molecule has 0 amide bonds. The van der Waals surface area contributed by atoms with Crippen LogP contribution in [0, 0.1) is 0 Å². The molecule has 0 heterocycles. The second-order valence-corrected chi connectivity index (χ2v) is 4.36. The lowest BCUT2D eigenvalue weighted by Crippen LogP contribution is -2.07. The Hall–Kier alpha value is -1.59. The van der Waals surface area contributed by atoms with E-state index in [4.69, 9.17) is 27.9 Å². The zero-order valence-corrected chi connectivity index (χ0v) is 11.9. The SMILES string of the molecule is CCOC(=O)C(N=Nc1cc(Cl)cc(Cl)c1)=C(C)O. The Labute approximate surface area is 120 Å². The molecule has 0 atom stereocenters. The van der Waals surface area contributed by atoms with Gasteiger partial charge in [-0.3, -0.25) is 0 Å². The molecule has 0 unspecified atom stereocenters. The number of benzene rings is 1. The van der Waals surface area contributed by atoms with Crippen molar-refractivity contribution in [3.05, 3.63) is 39.7 Å². The third-order valence-electron chi connectivity index (χ3n) is 1.92. The van der Waals surface area contributed by atoms with Crippen molar-refractivity contribution in [1.29, 1.82) is 0 Å². The summed E-state index contributed by atoms with van der Waals surface area (Å²) in [6, 6.07) is 4.58. The van der Waals surface area contributed by atoms with Gasteiger partial charge in [-0.25, -0.2) is 4.79 Å². The van der Waals surface area contributed by atoms with Crippen LogP contribution in [0.5, 0.6) is 0 Å². The van der Waals surface area contributed by atoms with Crippen molar-refractivity contribution in [2.24, 2.45) is 10.2 Å². The number of azo groups is 1. The summed E-state index contributed by atoms with van der Waals surface area (Å²) < 4.78 is 4.74. The van der Waals surface area contributed by atoms with Gasteiger partial charge in [0.15, 0.2) is 0 Å². The van der Waals surface area contributed by atoms with Crippen LogP contribution in [0.1, 0.15) is 13.8 Å². The molecule has 5 nitrogen and oxygen atoms in total. The van der Waals surface area contributed by atoms with Gasteiger partial charge in [-0.15, -0.1) is 5.11 Å². The number of halogens is 2. The van der Waals surface area contributed by atoms with E-state index in [1.807, 2.05) is 0 Å². The van der Waals surface area contributed by atoms with E-state index in [2.05, 4.69) is 10.2 Å². The number of ether oxygens (including phenoxy) is 1.